The molecule has 3 heterocycles. The lowest BCUT2D eigenvalue weighted by Gasteiger charge is -2.45. The molecule has 0 bridgehead atoms. The van der Waals surface area contributed by atoms with Crippen LogP contribution in [0.15, 0.2) is 170 Å². The summed E-state index contributed by atoms with van der Waals surface area (Å²) >= 11 is 2.00. The van der Waals surface area contributed by atoms with Crippen LogP contribution < -0.4 is 30.4 Å². The number of hydrogen-bond donors (Lipinski definition) is 0. The minimum Gasteiger partial charge on any atom is -0.311 e. The summed E-state index contributed by atoms with van der Waals surface area (Å²) in [5.74, 6) is 0. The Balaban J connectivity index is 1.28. The summed E-state index contributed by atoms with van der Waals surface area (Å²) in [5.41, 5.74) is 23.9. The predicted octanol–water partition coefficient (Wildman–Crippen LogP) is 19.3. The topological polar surface area (TPSA) is 9.72 Å². The van der Waals surface area contributed by atoms with Gasteiger partial charge in [-0.15, -0.1) is 11.3 Å². The Morgan fingerprint density at radius 1 is 0.449 bits per heavy atom. The van der Waals surface area contributed by atoms with Crippen LogP contribution >= 0.6 is 11.3 Å². The Bertz CT molecular complexity index is 3760. The van der Waals surface area contributed by atoms with Gasteiger partial charge in [-0.25, -0.2) is 0 Å². The summed E-state index contributed by atoms with van der Waals surface area (Å²) in [4.78, 5) is 7.85. The van der Waals surface area contributed by atoms with Gasteiger partial charge in [-0.2, -0.15) is 0 Å². The predicted molar refractivity (Wildman–Crippen MR) is 341 cm³/mol. The quantitative estimate of drug-likeness (QED) is 0.154. The van der Waals surface area contributed by atoms with Crippen molar-refractivity contribution in [2.75, 3.05) is 14.7 Å². The van der Waals surface area contributed by atoms with Crippen LogP contribution in [0.5, 0.6) is 0 Å². The molecule has 394 valence electrons. The molecular weight excluding hydrogens is 962 g/mol. The van der Waals surface area contributed by atoms with E-state index in [1.54, 1.807) is 0 Å². The molecular formula is C73H78BN3S. The van der Waals surface area contributed by atoms with E-state index in [1.807, 2.05) is 11.3 Å². The second-order valence-electron chi connectivity index (χ2n) is 28.3. The van der Waals surface area contributed by atoms with Crippen molar-refractivity contribution in [3.63, 3.8) is 0 Å². The van der Waals surface area contributed by atoms with Crippen LogP contribution in [0.4, 0.5) is 51.2 Å². The van der Waals surface area contributed by atoms with Gasteiger partial charge in [0.1, 0.15) is 0 Å². The van der Waals surface area contributed by atoms with Gasteiger partial charge in [0.2, 0.25) is 0 Å². The average Bonchev–Trinajstić information content (AvgIpc) is 2.50. The highest BCUT2D eigenvalue weighted by Gasteiger charge is 2.48. The van der Waals surface area contributed by atoms with Crippen LogP contribution in [0.25, 0.3) is 21.2 Å². The zero-order chi connectivity index (χ0) is 55.2. The highest BCUT2D eigenvalue weighted by atomic mass is 32.1. The highest BCUT2D eigenvalue weighted by Crippen LogP contribution is 2.57. The molecule has 0 N–H and O–H groups in total. The summed E-state index contributed by atoms with van der Waals surface area (Å²) in [7, 11) is 0. The number of para-hydroxylation sites is 2. The first-order valence-electron chi connectivity index (χ1n) is 28.5. The van der Waals surface area contributed by atoms with E-state index < -0.39 is 0 Å². The Kier molecular flexibility index (Phi) is 11.9. The van der Waals surface area contributed by atoms with E-state index in [1.165, 1.54) is 98.7 Å². The molecule has 0 radical (unpaired) electrons. The maximum Gasteiger partial charge on any atom is 0.264 e. The fourth-order valence-corrected chi connectivity index (χ4v) is 14.6. The van der Waals surface area contributed by atoms with E-state index in [4.69, 9.17) is 0 Å². The van der Waals surface area contributed by atoms with Crippen LogP contribution in [-0.2, 0) is 32.5 Å². The SMILES string of the molecule is CC(C)(C)c1ccc(-c2cc3c(cc2N2c4cc(N(c5ccccc5)c5ccccc5)cc5c4B(c4cc(C(C)(C)C)ccc4N5c4ccc(C(C)(C)C)cc4)c4sc5ccc(C(C)(C)C)cc5c42)C(C)(C)CC3(C)C)cc1. The van der Waals surface area contributed by atoms with Crippen LogP contribution in [-0.4, -0.2) is 6.71 Å². The van der Waals surface area contributed by atoms with Crippen molar-refractivity contribution in [1.82, 2.24) is 0 Å². The molecule has 12 rings (SSSR count). The second-order valence-corrected chi connectivity index (χ2v) is 29.4. The van der Waals surface area contributed by atoms with Crippen molar-refractivity contribution < 1.29 is 0 Å². The minimum atomic E-state index is -0.0687. The van der Waals surface area contributed by atoms with Gasteiger partial charge in [-0.3, -0.25) is 0 Å². The lowest BCUT2D eigenvalue weighted by Crippen LogP contribution is -2.60. The maximum atomic E-state index is 2.77. The van der Waals surface area contributed by atoms with Gasteiger partial charge >= 0.3 is 0 Å². The molecule has 2 aliphatic heterocycles. The third-order valence-electron chi connectivity index (χ3n) is 17.4. The maximum absolute atomic E-state index is 2.77. The number of fused-ring (bicyclic) bond motifs is 7. The van der Waals surface area contributed by atoms with Gasteiger partial charge < -0.3 is 14.7 Å². The molecule has 0 spiro atoms. The van der Waals surface area contributed by atoms with Crippen molar-refractivity contribution in [2.24, 2.45) is 0 Å². The van der Waals surface area contributed by atoms with Crippen LogP contribution in [0, 0.1) is 0 Å². The molecule has 0 saturated carbocycles. The van der Waals surface area contributed by atoms with E-state index in [2.05, 4.69) is 295 Å². The Morgan fingerprint density at radius 3 is 1.49 bits per heavy atom. The van der Waals surface area contributed by atoms with Crippen molar-refractivity contribution in [3.05, 3.63) is 203 Å². The second kappa shape index (κ2) is 17.9. The molecule has 0 amide bonds. The fourth-order valence-electron chi connectivity index (χ4n) is 13.3. The van der Waals surface area contributed by atoms with Gasteiger partial charge in [0.25, 0.3) is 6.71 Å². The third-order valence-corrected chi connectivity index (χ3v) is 18.7. The molecule has 1 aromatic heterocycles. The van der Waals surface area contributed by atoms with Crippen molar-refractivity contribution >= 4 is 95.0 Å². The van der Waals surface area contributed by atoms with Crippen LogP contribution in [0.3, 0.4) is 0 Å². The number of thiophene rings is 1. The summed E-state index contributed by atoms with van der Waals surface area (Å²) in [6.45, 7) is 37.9. The first kappa shape index (κ1) is 51.9. The molecule has 0 unspecified atom stereocenters. The third kappa shape index (κ3) is 8.62. The Labute approximate surface area is 471 Å². The zero-order valence-electron chi connectivity index (χ0n) is 49.2. The van der Waals surface area contributed by atoms with Gasteiger partial charge in [0.05, 0.1) is 17.1 Å². The molecule has 78 heavy (non-hydrogen) atoms. The summed E-state index contributed by atoms with van der Waals surface area (Å²) in [6, 6.07) is 66.1. The van der Waals surface area contributed by atoms with E-state index in [0.29, 0.717) is 0 Å². The Hall–Kier alpha value is -6.82. The van der Waals surface area contributed by atoms with E-state index in [-0.39, 0.29) is 39.2 Å². The number of hydrogen-bond acceptors (Lipinski definition) is 4. The zero-order valence-corrected chi connectivity index (χ0v) is 50.0. The Morgan fingerprint density at radius 2 is 0.936 bits per heavy atom. The molecule has 0 saturated heterocycles. The van der Waals surface area contributed by atoms with E-state index in [9.17, 15) is 0 Å². The highest BCUT2D eigenvalue weighted by molar-refractivity contribution is 7.33. The van der Waals surface area contributed by atoms with Gasteiger partial charge in [0.15, 0.2) is 0 Å². The molecule has 3 aliphatic rings. The molecule has 0 atom stereocenters. The van der Waals surface area contributed by atoms with E-state index >= 15 is 0 Å². The average molecular weight is 1040 g/mol. The smallest absolute Gasteiger partial charge is 0.264 e. The first-order chi connectivity index (χ1) is 36.7. The standard InChI is InChI=1S/C73H78BN3S/c1-68(2,3)47-29-27-46(28-30-47)55-43-57-58(73(15,16)45-72(57,13)14)44-61(55)77-63-42-54(75(51-23-19-17-20-24-51)52-25-21-18-22-26-52)41-62-65(63)74(67-66(77)56-39-49(70(7,8)9)34-38-64(56)78-67)59-40-50(71(10,11)12)33-37-60(59)76(62)53-35-31-48(32-36-53)69(4,5)6/h17-44H,45H2,1-16H3. The van der Waals surface area contributed by atoms with Gasteiger partial charge in [-0.05, 0) is 168 Å². The molecule has 0 fully saturated rings. The minimum absolute atomic E-state index is 0.00519. The monoisotopic (exact) mass is 1040 g/mol. The van der Waals surface area contributed by atoms with Crippen molar-refractivity contribution in [1.29, 1.82) is 0 Å². The van der Waals surface area contributed by atoms with Crippen molar-refractivity contribution in [2.45, 2.75) is 150 Å². The number of nitrogens with zero attached hydrogens (tertiary/aromatic N) is 3. The fraction of sp³-hybridized carbons (Fsp3) is 0.315. The summed E-state index contributed by atoms with van der Waals surface area (Å²) in [5, 5.41) is 1.31. The van der Waals surface area contributed by atoms with Crippen molar-refractivity contribution in [3.8, 4) is 11.1 Å². The molecule has 3 nitrogen and oxygen atoms in total. The van der Waals surface area contributed by atoms with Crippen LogP contribution in [0.1, 0.15) is 151 Å². The number of rotatable bonds is 6. The normalized spacial score (nSPS) is 15.5. The van der Waals surface area contributed by atoms with Gasteiger partial charge in [0, 0.05) is 54.6 Å². The molecule has 8 aromatic carbocycles. The summed E-state index contributed by atoms with van der Waals surface area (Å²) in [6.07, 6.45) is 1.08. The molecule has 9 aromatic rings. The number of anilines is 9. The summed E-state index contributed by atoms with van der Waals surface area (Å²) < 4.78 is 2.71. The number of benzene rings is 8. The largest absolute Gasteiger partial charge is 0.311 e. The lowest BCUT2D eigenvalue weighted by atomic mass is 9.36. The molecule has 1 aliphatic carbocycles. The van der Waals surface area contributed by atoms with E-state index in [0.717, 1.165) is 29.2 Å². The lowest BCUT2D eigenvalue weighted by molar-refractivity contribution is 0.403. The molecule has 5 heteroatoms. The first-order valence-corrected chi connectivity index (χ1v) is 29.3. The van der Waals surface area contributed by atoms with Crippen LogP contribution in [0.2, 0.25) is 0 Å². The van der Waals surface area contributed by atoms with Gasteiger partial charge in [-0.1, -0.05) is 202 Å².